The Bertz CT molecular complexity index is 337. The lowest BCUT2D eigenvalue weighted by Crippen LogP contribution is -2.47. The first-order valence-corrected chi connectivity index (χ1v) is 6.42. The maximum Gasteiger partial charge on any atom is 0.0753 e. The first-order valence-electron chi connectivity index (χ1n) is 6.42. The van der Waals surface area contributed by atoms with Crippen LogP contribution in [-0.4, -0.2) is 11.2 Å². The number of hydrogen-bond donors (Lipinski definition) is 1. The van der Waals surface area contributed by atoms with Crippen molar-refractivity contribution in [1.29, 1.82) is 0 Å². The van der Waals surface area contributed by atoms with Crippen molar-refractivity contribution in [3.63, 3.8) is 0 Å². The fourth-order valence-electron chi connectivity index (χ4n) is 3.53. The third kappa shape index (κ3) is 1.57. The van der Waals surface area contributed by atoms with E-state index in [1.807, 2.05) is 0 Å². The molecule has 0 saturated heterocycles. The van der Waals surface area contributed by atoms with Crippen LogP contribution in [0.25, 0.3) is 0 Å². The van der Waals surface area contributed by atoms with E-state index in [9.17, 15) is 5.11 Å². The topological polar surface area (TPSA) is 20.2 Å². The molecule has 0 bridgehead atoms. The molecule has 0 amide bonds. The zero-order valence-electron chi connectivity index (χ0n) is 10.8. The van der Waals surface area contributed by atoms with Crippen molar-refractivity contribution >= 4 is 0 Å². The minimum absolute atomic E-state index is 0.143. The zero-order valence-corrected chi connectivity index (χ0v) is 10.8. The highest BCUT2D eigenvalue weighted by atomic mass is 16.3. The zero-order chi connectivity index (χ0) is 12.0. The summed E-state index contributed by atoms with van der Waals surface area (Å²) in [5.41, 5.74) is 3.01. The van der Waals surface area contributed by atoms with E-state index in [0.29, 0.717) is 0 Å². The van der Waals surface area contributed by atoms with Crippen LogP contribution in [0.4, 0.5) is 0 Å². The summed E-state index contributed by atoms with van der Waals surface area (Å²) in [5.74, 6) is 0. The van der Waals surface area contributed by atoms with Gasteiger partial charge in [0.2, 0.25) is 0 Å². The predicted octanol–water partition coefficient (Wildman–Crippen LogP) is 3.84. The van der Waals surface area contributed by atoms with Gasteiger partial charge in [-0.05, 0) is 50.0 Å². The van der Waals surface area contributed by atoms with E-state index in [1.54, 1.807) is 0 Å². The molecule has 90 valence electrons. The fourth-order valence-corrected chi connectivity index (χ4v) is 3.53. The molecule has 2 aliphatic rings. The molecule has 0 radical (unpaired) electrons. The van der Waals surface area contributed by atoms with E-state index in [1.165, 1.54) is 5.57 Å². The molecule has 0 aromatic heterocycles. The van der Waals surface area contributed by atoms with Crippen molar-refractivity contribution in [1.82, 2.24) is 0 Å². The Hall–Kier alpha value is -0.560. The largest absolute Gasteiger partial charge is 0.389 e. The molecule has 1 fully saturated rings. The molecule has 2 rings (SSSR count). The smallest absolute Gasteiger partial charge is 0.0753 e. The van der Waals surface area contributed by atoms with Gasteiger partial charge >= 0.3 is 0 Å². The van der Waals surface area contributed by atoms with E-state index in [-0.39, 0.29) is 16.9 Å². The summed E-state index contributed by atoms with van der Waals surface area (Å²) in [5, 5.41) is 10.1. The molecule has 2 aliphatic carbocycles. The lowest BCUT2D eigenvalue weighted by molar-refractivity contribution is 0.00518. The van der Waals surface area contributed by atoms with Crippen LogP contribution in [0.15, 0.2) is 23.8 Å². The maximum atomic E-state index is 10.1. The molecule has 0 aromatic carbocycles. The molecule has 16 heavy (non-hydrogen) atoms. The molecular formula is C15H24O. The number of hydrogen-bond acceptors (Lipinski definition) is 1. The van der Waals surface area contributed by atoms with Gasteiger partial charge in [0.05, 0.1) is 6.10 Å². The Labute approximate surface area is 99.3 Å². The maximum absolute atomic E-state index is 10.1. The highest BCUT2D eigenvalue weighted by Crippen LogP contribution is 2.59. The van der Waals surface area contributed by atoms with Gasteiger partial charge in [0.25, 0.3) is 0 Å². The van der Waals surface area contributed by atoms with Gasteiger partial charge in [-0.15, -0.1) is 0 Å². The molecule has 0 aromatic rings. The molecule has 0 heterocycles. The second-order valence-corrected chi connectivity index (χ2v) is 6.30. The quantitative estimate of drug-likeness (QED) is 0.615. The number of allylic oxidation sites excluding steroid dienone is 2. The van der Waals surface area contributed by atoms with E-state index in [0.717, 1.165) is 37.7 Å². The van der Waals surface area contributed by atoms with Crippen molar-refractivity contribution in [2.75, 3.05) is 0 Å². The van der Waals surface area contributed by atoms with Gasteiger partial charge in [0.1, 0.15) is 0 Å². The van der Waals surface area contributed by atoms with Gasteiger partial charge in [0.15, 0.2) is 0 Å². The Kier molecular flexibility index (Phi) is 2.78. The molecule has 0 aliphatic heterocycles. The highest BCUT2D eigenvalue weighted by Gasteiger charge is 2.51. The van der Waals surface area contributed by atoms with E-state index >= 15 is 0 Å². The van der Waals surface area contributed by atoms with Gasteiger partial charge in [-0.1, -0.05) is 32.1 Å². The first-order chi connectivity index (χ1) is 7.39. The summed E-state index contributed by atoms with van der Waals surface area (Å²) < 4.78 is 0. The summed E-state index contributed by atoms with van der Waals surface area (Å²) in [6, 6.07) is 0. The fraction of sp³-hybridized carbons (Fsp3) is 0.733. The van der Waals surface area contributed by atoms with E-state index in [2.05, 4.69) is 33.4 Å². The monoisotopic (exact) mass is 220 g/mol. The Morgan fingerprint density at radius 2 is 2.06 bits per heavy atom. The van der Waals surface area contributed by atoms with Crippen LogP contribution in [0, 0.1) is 10.8 Å². The molecule has 1 nitrogen and oxygen atoms in total. The van der Waals surface area contributed by atoms with E-state index in [4.69, 9.17) is 0 Å². The predicted molar refractivity (Wildman–Crippen MR) is 68.2 cm³/mol. The molecule has 1 spiro atoms. The Balaban J connectivity index is 2.37. The van der Waals surface area contributed by atoms with Crippen LogP contribution in [0.2, 0.25) is 0 Å². The van der Waals surface area contributed by atoms with Gasteiger partial charge in [-0.3, -0.25) is 0 Å². The van der Waals surface area contributed by atoms with Gasteiger partial charge in [-0.25, -0.2) is 0 Å². The van der Waals surface area contributed by atoms with Crippen LogP contribution >= 0.6 is 0 Å². The molecule has 0 unspecified atom stereocenters. The second-order valence-electron chi connectivity index (χ2n) is 6.30. The number of aliphatic hydroxyl groups excluding tert-OH is 1. The summed E-state index contributed by atoms with van der Waals surface area (Å²) in [6.07, 6.45) is 7.47. The highest BCUT2D eigenvalue weighted by molar-refractivity contribution is 5.27. The van der Waals surface area contributed by atoms with Gasteiger partial charge < -0.3 is 5.11 Å². The Morgan fingerprint density at radius 1 is 1.38 bits per heavy atom. The minimum Gasteiger partial charge on any atom is -0.389 e. The van der Waals surface area contributed by atoms with Crippen LogP contribution < -0.4 is 0 Å². The Morgan fingerprint density at radius 3 is 2.62 bits per heavy atom. The SMILES string of the molecule is C=C1[C@@H](O)CCC(C)(C)[C@@]12CC=C(C)CC2. The third-order valence-electron chi connectivity index (χ3n) is 5.10. The average Bonchev–Trinajstić information content (AvgIpc) is 2.24. The van der Waals surface area contributed by atoms with Gasteiger partial charge in [0, 0.05) is 5.41 Å². The minimum atomic E-state index is -0.278. The molecule has 1 N–H and O–H groups in total. The number of aliphatic hydroxyl groups is 1. The van der Waals surface area contributed by atoms with Crippen molar-refractivity contribution < 1.29 is 5.11 Å². The van der Waals surface area contributed by atoms with Crippen LogP contribution in [0.3, 0.4) is 0 Å². The normalized spacial score (nSPS) is 38.6. The lowest BCUT2D eigenvalue weighted by atomic mass is 9.50. The van der Waals surface area contributed by atoms with E-state index < -0.39 is 0 Å². The van der Waals surface area contributed by atoms with Crippen LogP contribution in [0.1, 0.15) is 52.9 Å². The molecular weight excluding hydrogens is 196 g/mol. The van der Waals surface area contributed by atoms with Gasteiger partial charge in [-0.2, -0.15) is 0 Å². The summed E-state index contributed by atoms with van der Waals surface area (Å²) in [6.45, 7) is 11.1. The van der Waals surface area contributed by atoms with Crippen molar-refractivity contribution in [3.05, 3.63) is 23.8 Å². The van der Waals surface area contributed by atoms with Crippen molar-refractivity contribution in [2.24, 2.45) is 10.8 Å². The van der Waals surface area contributed by atoms with Crippen molar-refractivity contribution in [2.45, 2.75) is 59.0 Å². The summed E-state index contributed by atoms with van der Waals surface area (Å²) in [7, 11) is 0. The standard InChI is InChI=1S/C15H24O/c1-11-5-9-15(10-6-11)12(2)13(16)7-8-14(15,3)4/h5,13,16H,2,6-10H2,1,3-4H3/t13-,15+/m0/s1. The van der Waals surface area contributed by atoms with Crippen molar-refractivity contribution in [3.8, 4) is 0 Å². The number of rotatable bonds is 0. The lowest BCUT2D eigenvalue weighted by Gasteiger charge is -2.54. The average molecular weight is 220 g/mol. The van der Waals surface area contributed by atoms with Crippen LogP contribution in [-0.2, 0) is 0 Å². The molecule has 1 heteroatoms. The van der Waals surface area contributed by atoms with Crippen LogP contribution in [0.5, 0.6) is 0 Å². The molecule has 1 saturated carbocycles. The summed E-state index contributed by atoms with van der Waals surface area (Å²) in [4.78, 5) is 0. The molecule has 2 atom stereocenters. The third-order valence-corrected chi connectivity index (χ3v) is 5.10. The summed E-state index contributed by atoms with van der Waals surface area (Å²) >= 11 is 0. The second kappa shape index (κ2) is 3.73. The first kappa shape index (κ1) is 11.9.